The number of fused-ring (bicyclic) bond motifs is 1. The highest BCUT2D eigenvalue weighted by Gasteiger charge is 2.33. The van der Waals surface area contributed by atoms with Gasteiger partial charge in [0, 0.05) is 11.4 Å². The van der Waals surface area contributed by atoms with E-state index in [0.29, 0.717) is 0 Å². The Morgan fingerprint density at radius 1 is 1.14 bits per heavy atom. The van der Waals surface area contributed by atoms with Gasteiger partial charge in [0.05, 0.1) is 0 Å². The number of hydrogen-bond acceptors (Lipinski definition) is 3. The van der Waals surface area contributed by atoms with Crippen molar-refractivity contribution in [3.63, 3.8) is 0 Å². The van der Waals surface area contributed by atoms with Gasteiger partial charge in [-0.15, -0.1) is 0 Å². The zero-order valence-electron chi connectivity index (χ0n) is 11.1. The van der Waals surface area contributed by atoms with E-state index in [2.05, 4.69) is 16.0 Å². The second-order valence-corrected chi connectivity index (χ2v) is 6.09. The second kappa shape index (κ2) is 5.67. The van der Waals surface area contributed by atoms with E-state index >= 15 is 0 Å². The van der Waals surface area contributed by atoms with Crippen molar-refractivity contribution in [1.82, 2.24) is 9.97 Å². The Kier molecular flexibility index (Phi) is 3.89. The molecule has 1 heterocycles. The SMILES string of the molecule is FC(F)(F)c1ccnc(S[C@H]2CCCc3ccccc32)n1. The lowest BCUT2D eigenvalue weighted by Gasteiger charge is -2.24. The summed E-state index contributed by atoms with van der Waals surface area (Å²) >= 11 is 1.32. The van der Waals surface area contributed by atoms with E-state index in [0.717, 1.165) is 25.3 Å². The third kappa shape index (κ3) is 3.20. The summed E-state index contributed by atoms with van der Waals surface area (Å²) in [6.45, 7) is 0. The van der Waals surface area contributed by atoms with E-state index in [1.807, 2.05) is 18.2 Å². The van der Waals surface area contributed by atoms with Crippen LogP contribution >= 0.6 is 11.8 Å². The molecule has 0 saturated heterocycles. The van der Waals surface area contributed by atoms with E-state index in [1.54, 1.807) is 0 Å². The zero-order valence-corrected chi connectivity index (χ0v) is 11.9. The third-order valence-corrected chi connectivity index (χ3v) is 4.67. The molecule has 0 aliphatic heterocycles. The predicted octanol–water partition coefficient (Wildman–Crippen LogP) is 4.67. The summed E-state index contributed by atoms with van der Waals surface area (Å²) < 4.78 is 38.1. The maximum Gasteiger partial charge on any atom is 0.433 e. The Labute approximate surface area is 124 Å². The summed E-state index contributed by atoms with van der Waals surface area (Å²) in [7, 11) is 0. The highest BCUT2D eigenvalue weighted by Crippen LogP contribution is 2.42. The molecule has 0 N–H and O–H groups in total. The molecule has 0 unspecified atom stereocenters. The number of thioether (sulfide) groups is 1. The van der Waals surface area contributed by atoms with Gasteiger partial charge >= 0.3 is 6.18 Å². The fraction of sp³-hybridized carbons (Fsp3) is 0.333. The Morgan fingerprint density at radius 3 is 2.76 bits per heavy atom. The third-order valence-electron chi connectivity index (χ3n) is 3.49. The smallest absolute Gasteiger partial charge is 0.231 e. The molecule has 6 heteroatoms. The molecular weight excluding hydrogens is 297 g/mol. The van der Waals surface area contributed by atoms with Crippen LogP contribution in [-0.4, -0.2) is 9.97 Å². The minimum Gasteiger partial charge on any atom is -0.231 e. The van der Waals surface area contributed by atoms with Gasteiger partial charge in [0.15, 0.2) is 5.16 Å². The van der Waals surface area contributed by atoms with Crippen LogP contribution in [0.3, 0.4) is 0 Å². The molecule has 0 fully saturated rings. The molecular formula is C15H13F3N2S. The topological polar surface area (TPSA) is 25.8 Å². The van der Waals surface area contributed by atoms with Crippen molar-refractivity contribution in [1.29, 1.82) is 0 Å². The van der Waals surface area contributed by atoms with Crippen LogP contribution in [0.4, 0.5) is 13.2 Å². The molecule has 1 aromatic heterocycles. The molecule has 0 saturated carbocycles. The number of alkyl halides is 3. The second-order valence-electron chi connectivity index (χ2n) is 4.92. The Balaban J connectivity index is 1.85. The summed E-state index contributed by atoms with van der Waals surface area (Å²) in [5, 5.41) is 0.310. The van der Waals surface area contributed by atoms with Crippen molar-refractivity contribution in [3.8, 4) is 0 Å². The van der Waals surface area contributed by atoms with Crippen LogP contribution < -0.4 is 0 Å². The predicted molar refractivity (Wildman–Crippen MR) is 75.0 cm³/mol. The number of benzene rings is 1. The molecule has 1 aromatic carbocycles. The summed E-state index contributed by atoms with van der Waals surface area (Å²) in [6.07, 6.45) is -0.263. The van der Waals surface area contributed by atoms with Gasteiger partial charge in [0.1, 0.15) is 5.69 Å². The van der Waals surface area contributed by atoms with Gasteiger partial charge in [-0.2, -0.15) is 13.2 Å². The maximum absolute atomic E-state index is 12.7. The molecule has 21 heavy (non-hydrogen) atoms. The highest BCUT2D eigenvalue weighted by atomic mass is 32.2. The number of aromatic nitrogens is 2. The van der Waals surface area contributed by atoms with Gasteiger partial charge in [-0.25, -0.2) is 9.97 Å². The Morgan fingerprint density at radius 2 is 1.95 bits per heavy atom. The summed E-state index contributed by atoms with van der Waals surface area (Å²) in [4.78, 5) is 7.61. The number of nitrogens with zero attached hydrogens (tertiary/aromatic N) is 2. The Bertz CT molecular complexity index is 643. The van der Waals surface area contributed by atoms with Crippen molar-refractivity contribution >= 4 is 11.8 Å². The van der Waals surface area contributed by atoms with Crippen LogP contribution in [0, 0.1) is 0 Å². The molecule has 0 bridgehead atoms. The van der Waals surface area contributed by atoms with Crippen LogP contribution in [0.5, 0.6) is 0 Å². The van der Waals surface area contributed by atoms with E-state index in [-0.39, 0.29) is 10.4 Å². The molecule has 3 rings (SSSR count). The van der Waals surface area contributed by atoms with E-state index in [4.69, 9.17) is 0 Å². The first kappa shape index (κ1) is 14.4. The van der Waals surface area contributed by atoms with Crippen LogP contribution in [-0.2, 0) is 12.6 Å². The van der Waals surface area contributed by atoms with E-state index in [9.17, 15) is 13.2 Å². The monoisotopic (exact) mass is 310 g/mol. The molecule has 110 valence electrons. The molecule has 2 nitrogen and oxygen atoms in total. The first-order chi connectivity index (χ1) is 10.0. The van der Waals surface area contributed by atoms with Crippen LogP contribution in [0.15, 0.2) is 41.7 Å². The van der Waals surface area contributed by atoms with Gasteiger partial charge in [-0.05, 0) is 36.5 Å². The largest absolute Gasteiger partial charge is 0.433 e. The van der Waals surface area contributed by atoms with Crippen molar-refractivity contribution in [2.75, 3.05) is 0 Å². The highest BCUT2D eigenvalue weighted by molar-refractivity contribution is 7.99. The van der Waals surface area contributed by atoms with Gasteiger partial charge in [-0.3, -0.25) is 0 Å². The standard InChI is InChI=1S/C15H13F3N2S/c16-15(17,18)13-8-9-19-14(20-13)21-12-7-3-5-10-4-1-2-6-11(10)12/h1-2,4,6,8-9,12H,3,5,7H2/t12-/m0/s1. The fourth-order valence-electron chi connectivity index (χ4n) is 2.51. The molecule has 0 spiro atoms. The minimum absolute atomic E-state index is 0.124. The molecule has 1 aliphatic carbocycles. The first-order valence-electron chi connectivity index (χ1n) is 6.69. The van der Waals surface area contributed by atoms with Gasteiger partial charge in [-0.1, -0.05) is 36.0 Å². The van der Waals surface area contributed by atoms with Crippen molar-refractivity contribution in [2.24, 2.45) is 0 Å². The quantitative estimate of drug-likeness (QED) is 0.754. The van der Waals surface area contributed by atoms with E-state index < -0.39 is 11.9 Å². The molecule has 2 aromatic rings. The minimum atomic E-state index is -4.43. The number of hydrogen-bond donors (Lipinski definition) is 0. The first-order valence-corrected chi connectivity index (χ1v) is 7.57. The van der Waals surface area contributed by atoms with Gasteiger partial charge < -0.3 is 0 Å². The summed E-state index contributed by atoms with van der Waals surface area (Å²) in [5.74, 6) is 0. The van der Waals surface area contributed by atoms with E-state index in [1.165, 1.54) is 29.1 Å². The van der Waals surface area contributed by atoms with Gasteiger partial charge in [0.25, 0.3) is 0 Å². The number of halogens is 3. The van der Waals surface area contributed by atoms with Crippen molar-refractivity contribution in [2.45, 2.75) is 35.8 Å². The van der Waals surface area contributed by atoms with Crippen LogP contribution in [0.25, 0.3) is 0 Å². The lowest BCUT2D eigenvalue weighted by molar-refractivity contribution is -0.141. The molecule has 0 amide bonds. The van der Waals surface area contributed by atoms with Crippen LogP contribution in [0.2, 0.25) is 0 Å². The summed E-state index contributed by atoms with van der Waals surface area (Å²) in [6, 6.07) is 8.98. The van der Waals surface area contributed by atoms with Crippen LogP contribution in [0.1, 0.15) is 34.9 Å². The van der Waals surface area contributed by atoms with Crippen molar-refractivity contribution < 1.29 is 13.2 Å². The van der Waals surface area contributed by atoms with Gasteiger partial charge in [0.2, 0.25) is 0 Å². The molecule has 1 atom stereocenters. The average Bonchev–Trinajstić information content (AvgIpc) is 2.47. The fourth-order valence-corrected chi connectivity index (χ4v) is 3.68. The molecule has 1 aliphatic rings. The number of aryl methyl sites for hydroxylation is 1. The Hall–Kier alpha value is -1.56. The normalized spacial score (nSPS) is 18.3. The average molecular weight is 310 g/mol. The lowest BCUT2D eigenvalue weighted by Crippen LogP contribution is -2.10. The van der Waals surface area contributed by atoms with Crippen molar-refractivity contribution in [3.05, 3.63) is 53.3 Å². The molecule has 0 radical (unpaired) electrons. The summed E-state index contributed by atoms with van der Waals surface area (Å²) in [5.41, 5.74) is 1.58. The lowest BCUT2D eigenvalue weighted by atomic mass is 9.91. The maximum atomic E-state index is 12.7. The number of rotatable bonds is 2. The zero-order chi connectivity index (χ0) is 14.9.